The second kappa shape index (κ2) is 8.07. The first-order chi connectivity index (χ1) is 16.7. The van der Waals surface area contributed by atoms with Crippen LogP contribution in [0, 0.1) is 11.7 Å². The lowest BCUT2D eigenvalue weighted by Gasteiger charge is -2.39. The Morgan fingerprint density at radius 1 is 1.09 bits per heavy atom. The number of Topliss-reactive ketones (excluding diaryl/α,β-unsaturated/α-hetero) is 1. The highest BCUT2D eigenvalue weighted by Crippen LogP contribution is 2.68. The number of aliphatic hydroxyl groups is 1. The molecule has 0 amide bonds. The molecule has 3 aromatic rings. The van der Waals surface area contributed by atoms with Crippen LogP contribution in [0.4, 0.5) is 4.39 Å². The molecule has 3 aromatic carbocycles. The minimum atomic E-state index is -2.46. The number of hydrogen-bond donors (Lipinski definition) is 2. The van der Waals surface area contributed by atoms with Crippen LogP contribution in [0.3, 0.4) is 0 Å². The summed E-state index contributed by atoms with van der Waals surface area (Å²) in [5.41, 5.74) is -3.87. The zero-order valence-corrected chi connectivity index (χ0v) is 20.2. The molecular weight excluding hydrogens is 523 g/mol. The maximum atomic E-state index is 14.4. The number of methoxy groups -OCH3 is 2. The Hall–Kier alpha value is -3.43. The fourth-order valence-corrected chi connectivity index (χ4v) is 5.71. The van der Waals surface area contributed by atoms with Crippen LogP contribution in [0.1, 0.15) is 22.6 Å². The van der Waals surface area contributed by atoms with Crippen molar-refractivity contribution >= 4 is 27.7 Å². The number of carbonyl (C=O) groups excluding carboxylic acids is 1. The molecule has 2 N–H and O–H groups in total. The molecule has 1 aliphatic carbocycles. The third-order valence-electron chi connectivity index (χ3n) is 6.82. The summed E-state index contributed by atoms with van der Waals surface area (Å²) in [4.78, 5) is 26.5. The lowest BCUT2D eigenvalue weighted by atomic mass is 9.70. The van der Waals surface area contributed by atoms with Gasteiger partial charge in [0.25, 0.3) is 0 Å². The van der Waals surface area contributed by atoms with Gasteiger partial charge in [-0.1, -0.05) is 40.2 Å². The number of halogens is 2. The molecule has 1 heterocycles. The molecule has 180 valence electrons. The van der Waals surface area contributed by atoms with E-state index >= 15 is 0 Å². The van der Waals surface area contributed by atoms with E-state index in [-0.39, 0.29) is 22.6 Å². The summed E-state index contributed by atoms with van der Waals surface area (Å²) in [6, 6.07) is 14.9. The monoisotopic (exact) mass is 542 g/mol. The predicted molar refractivity (Wildman–Crippen MR) is 125 cm³/mol. The van der Waals surface area contributed by atoms with Gasteiger partial charge in [0, 0.05) is 16.6 Å². The van der Waals surface area contributed by atoms with Crippen LogP contribution in [0.2, 0.25) is 0 Å². The van der Waals surface area contributed by atoms with Gasteiger partial charge < -0.3 is 24.4 Å². The standard InChI is InChI=1S/C26H20BrFO7/c1-33-17-11-18(34-2)22-19(12-17)35-26(14-6-8-15(27)9-7-14)21(13-4-3-5-16(28)10-13)20(24(30)31)23(29)25(22,26)32/h3-12,20-21,32H,1-2H3,(H,30,31). The molecule has 5 rings (SSSR count). The number of ketones is 1. The molecule has 0 spiro atoms. The Kier molecular flexibility index (Phi) is 5.37. The zero-order chi connectivity index (χ0) is 25.1. The highest BCUT2D eigenvalue weighted by molar-refractivity contribution is 9.10. The van der Waals surface area contributed by atoms with Crippen molar-refractivity contribution in [1.82, 2.24) is 0 Å². The fourth-order valence-electron chi connectivity index (χ4n) is 5.45. The number of carboxylic acid groups (broad SMARTS) is 1. The van der Waals surface area contributed by atoms with Crippen molar-refractivity contribution < 1.29 is 38.4 Å². The number of fused-ring (bicyclic) bond motifs is 3. The van der Waals surface area contributed by atoms with Crippen LogP contribution in [-0.4, -0.2) is 36.2 Å². The van der Waals surface area contributed by atoms with Gasteiger partial charge >= 0.3 is 5.97 Å². The molecule has 35 heavy (non-hydrogen) atoms. The normalized spacial score (nSPS) is 26.6. The minimum Gasteiger partial charge on any atom is -0.496 e. The maximum Gasteiger partial charge on any atom is 0.314 e. The van der Waals surface area contributed by atoms with Gasteiger partial charge in [-0.25, -0.2) is 4.39 Å². The third-order valence-corrected chi connectivity index (χ3v) is 7.35. The lowest BCUT2D eigenvalue weighted by molar-refractivity contribution is -0.154. The number of hydrogen-bond acceptors (Lipinski definition) is 6. The van der Waals surface area contributed by atoms with Crippen molar-refractivity contribution in [3.8, 4) is 17.2 Å². The quantitative estimate of drug-likeness (QED) is 0.467. The van der Waals surface area contributed by atoms with Gasteiger partial charge in [0.2, 0.25) is 5.60 Å². The van der Waals surface area contributed by atoms with Gasteiger partial charge in [0.1, 0.15) is 29.0 Å². The average molecular weight is 543 g/mol. The molecule has 0 aromatic heterocycles. The second-order valence-corrected chi connectivity index (χ2v) is 9.39. The Morgan fingerprint density at radius 2 is 1.80 bits per heavy atom. The van der Waals surface area contributed by atoms with E-state index in [0.717, 1.165) is 10.5 Å². The van der Waals surface area contributed by atoms with Crippen LogP contribution in [0.5, 0.6) is 17.2 Å². The highest BCUT2D eigenvalue weighted by Gasteiger charge is 2.78. The Morgan fingerprint density at radius 3 is 2.40 bits per heavy atom. The molecule has 4 unspecified atom stereocenters. The summed E-state index contributed by atoms with van der Waals surface area (Å²) in [7, 11) is 2.80. The van der Waals surface area contributed by atoms with Crippen molar-refractivity contribution in [2.75, 3.05) is 14.2 Å². The van der Waals surface area contributed by atoms with Crippen LogP contribution in [0.15, 0.2) is 65.1 Å². The van der Waals surface area contributed by atoms with Crippen molar-refractivity contribution in [2.45, 2.75) is 17.1 Å². The number of carboxylic acids is 1. The van der Waals surface area contributed by atoms with Gasteiger partial charge in [0.05, 0.1) is 25.7 Å². The summed E-state index contributed by atoms with van der Waals surface area (Å²) >= 11 is 3.37. The Balaban J connectivity index is 1.91. The first kappa shape index (κ1) is 23.3. The molecule has 0 radical (unpaired) electrons. The topological polar surface area (TPSA) is 102 Å². The first-order valence-corrected chi connectivity index (χ1v) is 11.4. The summed E-state index contributed by atoms with van der Waals surface area (Å²) in [5, 5.41) is 22.5. The van der Waals surface area contributed by atoms with E-state index in [9.17, 15) is 24.2 Å². The van der Waals surface area contributed by atoms with Crippen LogP contribution >= 0.6 is 15.9 Å². The number of rotatable bonds is 5. The van der Waals surface area contributed by atoms with E-state index in [0.29, 0.717) is 11.3 Å². The molecule has 9 heteroatoms. The number of benzene rings is 3. The van der Waals surface area contributed by atoms with E-state index < -0.39 is 40.6 Å². The predicted octanol–water partition coefficient (Wildman–Crippen LogP) is 4.15. The molecule has 1 saturated carbocycles. The van der Waals surface area contributed by atoms with E-state index in [1.54, 1.807) is 24.3 Å². The van der Waals surface area contributed by atoms with E-state index in [1.165, 1.54) is 44.6 Å². The van der Waals surface area contributed by atoms with Crippen molar-refractivity contribution in [2.24, 2.45) is 5.92 Å². The van der Waals surface area contributed by atoms with Gasteiger partial charge in [-0.3, -0.25) is 9.59 Å². The van der Waals surface area contributed by atoms with E-state index in [2.05, 4.69) is 15.9 Å². The number of ether oxygens (including phenoxy) is 3. The van der Waals surface area contributed by atoms with Crippen LogP contribution in [-0.2, 0) is 20.8 Å². The molecule has 0 saturated heterocycles. The molecule has 7 nitrogen and oxygen atoms in total. The van der Waals surface area contributed by atoms with Crippen molar-refractivity contribution in [3.05, 3.63) is 87.6 Å². The average Bonchev–Trinajstić information content (AvgIpc) is 3.21. The van der Waals surface area contributed by atoms with E-state index in [4.69, 9.17) is 14.2 Å². The van der Waals surface area contributed by atoms with Gasteiger partial charge in [-0.2, -0.15) is 0 Å². The summed E-state index contributed by atoms with van der Waals surface area (Å²) in [6.07, 6.45) is 0. The van der Waals surface area contributed by atoms with Crippen molar-refractivity contribution in [1.29, 1.82) is 0 Å². The molecule has 0 bridgehead atoms. The second-order valence-electron chi connectivity index (χ2n) is 8.47. The lowest BCUT2D eigenvalue weighted by Crippen LogP contribution is -2.50. The summed E-state index contributed by atoms with van der Waals surface area (Å²) in [5.74, 6) is -5.52. The molecule has 2 aliphatic rings. The van der Waals surface area contributed by atoms with Crippen LogP contribution < -0.4 is 14.2 Å². The minimum absolute atomic E-state index is 0.00104. The highest BCUT2D eigenvalue weighted by atomic mass is 79.9. The SMILES string of the molecule is COc1cc(OC)c2c(c1)OC1(c3ccc(Br)cc3)C(c3cccc(F)c3)C(C(=O)O)C(=O)C21O. The van der Waals surface area contributed by atoms with Gasteiger partial charge in [0.15, 0.2) is 11.4 Å². The van der Waals surface area contributed by atoms with Crippen molar-refractivity contribution in [3.63, 3.8) is 0 Å². The molecule has 4 atom stereocenters. The molecule has 1 fully saturated rings. The van der Waals surface area contributed by atoms with E-state index in [1.807, 2.05) is 0 Å². The third kappa shape index (κ3) is 3.04. The largest absolute Gasteiger partial charge is 0.496 e. The van der Waals surface area contributed by atoms with Gasteiger partial charge in [-0.05, 0) is 35.4 Å². The number of aliphatic carboxylic acids is 1. The molecule has 1 aliphatic heterocycles. The Labute approximate surface area is 208 Å². The first-order valence-electron chi connectivity index (χ1n) is 10.7. The smallest absolute Gasteiger partial charge is 0.314 e. The number of carbonyl (C=O) groups is 2. The zero-order valence-electron chi connectivity index (χ0n) is 18.6. The van der Waals surface area contributed by atoms with Gasteiger partial charge in [-0.15, -0.1) is 0 Å². The molecular formula is C26H20BrFO7. The Bertz CT molecular complexity index is 1360. The van der Waals surface area contributed by atoms with Crippen LogP contribution in [0.25, 0.3) is 0 Å². The summed E-state index contributed by atoms with van der Waals surface area (Å²) in [6.45, 7) is 0. The maximum absolute atomic E-state index is 14.4. The summed E-state index contributed by atoms with van der Waals surface area (Å²) < 4.78 is 32.4. The fraction of sp³-hybridized carbons (Fsp3) is 0.231.